The van der Waals surface area contributed by atoms with Crippen LogP contribution in [-0.2, 0) is 20.8 Å². The van der Waals surface area contributed by atoms with Crippen molar-refractivity contribution in [3.63, 3.8) is 0 Å². The van der Waals surface area contributed by atoms with E-state index in [1.54, 1.807) is 31.2 Å². The van der Waals surface area contributed by atoms with Crippen LogP contribution >= 0.6 is 0 Å². The molecular weight excluding hydrogens is 472 g/mol. The van der Waals surface area contributed by atoms with Gasteiger partial charge in [0.15, 0.2) is 0 Å². The van der Waals surface area contributed by atoms with Crippen molar-refractivity contribution in [3.8, 4) is 11.1 Å². The number of rotatable bonds is 8. The molecule has 0 radical (unpaired) electrons. The summed E-state index contributed by atoms with van der Waals surface area (Å²) < 4.78 is 0. The summed E-state index contributed by atoms with van der Waals surface area (Å²) in [5.41, 5.74) is 6.83. The lowest BCUT2D eigenvalue weighted by atomic mass is 9.92. The monoisotopic (exact) mass is 500 g/mol. The van der Waals surface area contributed by atoms with E-state index in [9.17, 15) is 24.5 Å². The Labute approximate surface area is 214 Å². The van der Waals surface area contributed by atoms with Crippen LogP contribution in [0.5, 0.6) is 0 Å². The fourth-order valence-corrected chi connectivity index (χ4v) is 4.40. The van der Waals surface area contributed by atoms with Gasteiger partial charge in [-0.25, -0.2) is 5.01 Å². The van der Waals surface area contributed by atoms with Crippen LogP contribution in [0.1, 0.15) is 43.7 Å². The third-order valence-electron chi connectivity index (χ3n) is 6.46. The van der Waals surface area contributed by atoms with Crippen LogP contribution in [0.4, 0.5) is 11.4 Å². The van der Waals surface area contributed by atoms with Gasteiger partial charge in [0.05, 0.1) is 16.5 Å². The minimum atomic E-state index is -0.868. The number of nitro groups is 1. The number of nitrogens with one attached hydrogen (secondary N) is 2. The number of carbonyl (C=O) groups excluding carboxylic acids is 3. The number of hydrogen-bond donors (Lipinski definition) is 2. The molecule has 3 amide bonds. The normalized spacial score (nSPS) is 15.1. The Morgan fingerprint density at radius 2 is 1.65 bits per heavy atom. The Bertz CT molecular complexity index is 1340. The van der Waals surface area contributed by atoms with Gasteiger partial charge in [-0.15, -0.1) is 0 Å². The van der Waals surface area contributed by atoms with Gasteiger partial charge in [0.25, 0.3) is 17.5 Å². The number of para-hydroxylation sites is 1. The number of non-ortho nitro benzene ring substituents is 1. The first-order valence-corrected chi connectivity index (χ1v) is 12.1. The molecule has 0 spiro atoms. The zero-order chi connectivity index (χ0) is 26.5. The minimum absolute atomic E-state index is 0.0186. The smallest absolute Gasteiger partial charge is 0.269 e. The highest BCUT2D eigenvalue weighted by Gasteiger charge is 2.33. The summed E-state index contributed by atoms with van der Waals surface area (Å²) in [7, 11) is 0. The molecule has 2 atom stereocenters. The van der Waals surface area contributed by atoms with E-state index in [1.165, 1.54) is 17.1 Å². The van der Waals surface area contributed by atoms with E-state index in [4.69, 9.17) is 0 Å². The Hall–Kier alpha value is -4.53. The highest BCUT2D eigenvalue weighted by atomic mass is 16.6. The van der Waals surface area contributed by atoms with Crippen molar-refractivity contribution in [2.24, 2.45) is 0 Å². The zero-order valence-corrected chi connectivity index (χ0v) is 20.6. The molecule has 1 aliphatic heterocycles. The molecule has 3 aromatic carbocycles. The maximum Gasteiger partial charge on any atom is 0.269 e. The number of aryl methyl sites for hydroxylation is 1. The molecule has 4 rings (SSSR count). The largest absolute Gasteiger partial charge is 0.345 e. The molecule has 1 heterocycles. The van der Waals surface area contributed by atoms with Gasteiger partial charge in [0, 0.05) is 24.1 Å². The quantitative estimate of drug-likeness (QED) is 0.353. The topological polar surface area (TPSA) is 122 Å². The molecule has 1 unspecified atom stereocenters. The molecule has 3 aromatic rings. The average molecular weight is 501 g/mol. The van der Waals surface area contributed by atoms with Gasteiger partial charge in [-0.05, 0) is 49.4 Å². The van der Waals surface area contributed by atoms with Crippen LogP contribution in [0.2, 0.25) is 0 Å². The zero-order valence-electron chi connectivity index (χ0n) is 20.6. The second-order valence-corrected chi connectivity index (χ2v) is 9.04. The lowest BCUT2D eigenvalue weighted by molar-refractivity contribution is -0.384. The maximum atomic E-state index is 13.4. The molecule has 9 heteroatoms. The summed E-state index contributed by atoms with van der Waals surface area (Å²) >= 11 is 0. The molecule has 0 saturated heterocycles. The Morgan fingerprint density at radius 3 is 2.35 bits per heavy atom. The number of carbonyl (C=O) groups is 3. The molecule has 2 N–H and O–H groups in total. The summed E-state index contributed by atoms with van der Waals surface area (Å²) in [6, 6.07) is 20.4. The van der Waals surface area contributed by atoms with Crippen LogP contribution in [-0.4, -0.2) is 28.7 Å². The van der Waals surface area contributed by atoms with Gasteiger partial charge >= 0.3 is 0 Å². The summed E-state index contributed by atoms with van der Waals surface area (Å²) in [6.45, 7) is 3.37. The standard InChI is InChI=1S/C28H28N4O5/c1-18-22-9-3-4-10-23(22)24-11-5-6-12-25(24)31(28(18)35)30-27(34)19(2)29-26(33)13-7-8-20-14-16-21(17-15-20)32(36)37/h3-6,9-12,14-19H,7-8,13H2,1-2H3,(H,29,33)(H,30,34)/t18?,19-/m0/s1. The molecular formula is C28H28N4O5. The van der Waals surface area contributed by atoms with Gasteiger partial charge < -0.3 is 5.32 Å². The number of benzene rings is 3. The Kier molecular flexibility index (Phi) is 7.62. The van der Waals surface area contributed by atoms with Gasteiger partial charge in [0.2, 0.25) is 5.91 Å². The fraction of sp³-hybridized carbons (Fsp3) is 0.250. The number of nitrogens with zero attached hydrogens (tertiary/aromatic N) is 2. The number of anilines is 1. The first-order chi connectivity index (χ1) is 17.8. The third kappa shape index (κ3) is 5.66. The van der Waals surface area contributed by atoms with Crippen molar-refractivity contribution in [2.75, 3.05) is 5.01 Å². The average Bonchev–Trinajstić information content (AvgIpc) is 2.98. The van der Waals surface area contributed by atoms with Crippen molar-refractivity contribution < 1.29 is 19.3 Å². The maximum absolute atomic E-state index is 13.4. The van der Waals surface area contributed by atoms with Crippen LogP contribution in [0, 0.1) is 10.1 Å². The molecule has 0 saturated carbocycles. The van der Waals surface area contributed by atoms with E-state index in [1.807, 2.05) is 43.3 Å². The molecule has 9 nitrogen and oxygen atoms in total. The third-order valence-corrected chi connectivity index (χ3v) is 6.46. The molecule has 190 valence electrons. The Morgan fingerprint density at radius 1 is 1.00 bits per heavy atom. The molecule has 0 aliphatic carbocycles. The van der Waals surface area contributed by atoms with Gasteiger partial charge in [-0.3, -0.25) is 29.9 Å². The first-order valence-electron chi connectivity index (χ1n) is 12.1. The highest BCUT2D eigenvalue weighted by molar-refractivity contribution is 6.06. The molecule has 1 aliphatic rings. The Balaban J connectivity index is 1.37. The fourth-order valence-electron chi connectivity index (χ4n) is 4.40. The lowest BCUT2D eigenvalue weighted by Gasteiger charge is -2.27. The summed E-state index contributed by atoms with van der Waals surface area (Å²) in [4.78, 5) is 49.1. The van der Waals surface area contributed by atoms with Gasteiger partial charge in [-0.2, -0.15) is 0 Å². The van der Waals surface area contributed by atoms with Gasteiger partial charge in [0.1, 0.15) is 6.04 Å². The highest BCUT2D eigenvalue weighted by Crippen LogP contribution is 2.39. The molecule has 0 bridgehead atoms. The second-order valence-electron chi connectivity index (χ2n) is 9.04. The minimum Gasteiger partial charge on any atom is -0.345 e. The number of hydrogen-bond acceptors (Lipinski definition) is 5. The molecule has 0 fully saturated rings. The van der Waals surface area contributed by atoms with Crippen LogP contribution in [0.3, 0.4) is 0 Å². The van der Waals surface area contributed by atoms with Crippen LogP contribution in [0.15, 0.2) is 72.8 Å². The van der Waals surface area contributed by atoms with Crippen LogP contribution < -0.4 is 15.8 Å². The lowest BCUT2D eigenvalue weighted by Crippen LogP contribution is -2.54. The SMILES string of the molecule is CC1C(=O)N(NC(=O)[C@H](C)NC(=O)CCCc2ccc([N+](=O)[O-])cc2)c2ccccc2-c2ccccc21. The van der Waals surface area contributed by atoms with E-state index in [0.717, 1.165) is 22.3 Å². The van der Waals surface area contributed by atoms with Crippen LogP contribution in [0.25, 0.3) is 11.1 Å². The summed E-state index contributed by atoms with van der Waals surface area (Å²) in [5.74, 6) is -1.56. The predicted octanol–water partition coefficient (Wildman–Crippen LogP) is 4.27. The second kappa shape index (κ2) is 11.0. The van der Waals surface area contributed by atoms with E-state index in [0.29, 0.717) is 18.5 Å². The number of amides is 3. The van der Waals surface area contributed by atoms with Crippen molar-refractivity contribution >= 4 is 29.1 Å². The van der Waals surface area contributed by atoms with E-state index < -0.39 is 22.8 Å². The van der Waals surface area contributed by atoms with E-state index >= 15 is 0 Å². The first kappa shape index (κ1) is 25.6. The number of fused-ring (bicyclic) bond motifs is 3. The van der Waals surface area contributed by atoms with Crippen molar-refractivity contribution in [2.45, 2.75) is 45.1 Å². The van der Waals surface area contributed by atoms with Crippen molar-refractivity contribution in [3.05, 3.63) is 94.0 Å². The summed E-state index contributed by atoms with van der Waals surface area (Å²) in [6.07, 6.45) is 1.28. The number of hydrazine groups is 1. The van der Waals surface area contributed by atoms with Crippen molar-refractivity contribution in [1.82, 2.24) is 10.7 Å². The van der Waals surface area contributed by atoms with Crippen molar-refractivity contribution in [1.29, 1.82) is 0 Å². The van der Waals surface area contributed by atoms with E-state index in [2.05, 4.69) is 10.7 Å². The molecule has 0 aromatic heterocycles. The number of nitro benzene ring substituents is 1. The predicted molar refractivity (Wildman–Crippen MR) is 140 cm³/mol. The van der Waals surface area contributed by atoms with Gasteiger partial charge in [-0.1, -0.05) is 54.6 Å². The van der Waals surface area contributed by atoms with E-state index in [-0.39, 0.29) is 23.9 Å². The molecule has 37 heavy (non-hydrogen) atoms. The summed E-state index contributed by atoms with van der Waals surface area (Å²) in [5, 5.41) is 14.7.